The zero-order chi connectivity index (χ0) is 13.1. The number of hydrogen-bond acceptors (Lipinski definition) is 3. The fraction of sp³-hybridized carbons (Fsp3) is 0.143. The summed E-state index contributed by atoms with van der Waals surface area (Å²) in [6, 6.07) is 9.58. The highest BCUT2D eigenvalue weighted by Gasteiger charge is 2.12. The lowest BCUT2D eigenvalue weighted by Crippen LogP contribution is -1.91. The van der Waals surface area contributed by atoms with Crippen molar-refractivity contribution in [2.24, 2.45) is 0 Å². The van der Waals surface area contributed by atoms with E-state index in [1.54, 1.807) is 30.3 Å². The normalized spacial score (nSPS) is 10.2. The van der Waals surface area contributed by atoms with Gasteiger partial charge in [0, 0.05) is 5.56 Å². The van der Waals surface area contributed by atoms with Crippen LogP contribution in [0.25, 0.3) is 11.1 Å². The molecule has 18 heavy (non-hydrogen) atoms. The molecule has 0 fully saturated rings. The molecule has 4 heteroatoms. The van der Waals surface area contributed by atoms with Crippen molar-refractivity contribution in [3.63, 3.8) is 0 Å². The van der Waals surface area contributed by atoms with Gasteiger partial charge in [-0.05, 0) is 23.8 Å². The van der Waals surface area contributed by atoms with Gasteiger partial charge >= 0.3 is 0 Å². The molecule has 2 rings (SSSR count). The Bertz CT molecular complexity index is 567. The van der Waals surface area contributed by atoms with E-state index in [4.69, 9.17) is 9.47 Å². The molecule has 0 aliphatic carbocycles. The number of ether oxygens (including phenoxy) is 2. The van der Waals surface area contributed by atoms with Gasteiger partial charge in [-0.3, -0.25) is 0 Å². The Morgan fingerprint density at radius 2 is 1.72 bits per heavy atom. The van der Waals surface area contributed by atoms with Gasteiger partial charge in [-0.1, -0.05) is 18.2 Å². The van der Waals surface area contributed by atoms with Crippen LogP contribution in [-0.2, 0) is 0 Å². The molecule has 2 aromatic carbocycles. The molecule has 2 aromatic rings. The molecule has 0 amide bonds. The monoisotopic (exact) mass is 248 g/mol. The van der Waals surface area contributed by atoms with E-state index in [1.165, 1.54) is 20.3 Å². The van der Waals surface area contributed by atoms with Crippen LogP contribution in [0, 0.1) is 5.82 Å². The minimum absolute atomic E-state index is 0.0304. The van der Waals surface area contributed by atoms with Gasteiger partial charge < -0.3 is 14.6 Å². The summed E-state index contributed by atoms with van der Waals surface area (Å²) in [7, 11) is 2.87. The van der Waals surface area contributed by atoms with Crippen molar-refractivity contribution in [1.82, 2.24) is 0 Å². The van der Waals surface area contributed by atoms with Crippen molar-refractivity contribution in [1.29, 1.82) is 0 Å². The van der Waals surface area contributed by atoms with E-state index in [2.05, 4.69) is 0 Å². The molecule has 94 valence electrons. The Hall–Kier alpha value is -2.23. The molecule has 0 heterocycles. The molecular formula is C14H13FO3. The summed E-state index contributed by atoms with van der Waals surface area (Å²) in [4.78, 5) is 0. The largest absolute Gasteiger partial charge is 0.504 e. The first-order valence-corrected chi connectivity index (χ1v) is 5.37. The minimum Gasteiger partial charge on any atom is -0.504 e. The van der Waals surface area contributed by atoms with Crippen LogP contribution in [0.5, 0.6) is 17.2 Å². The van der Waals surface area contributed by atoms with Crippen LogP contribution in [0.3, 0.4) is 0 Å². The Morgan fingerprint density at radius 3 is 2.33 bits per heavy atom. The Balaban J connectivity index is 2.52. The third-order valence-corrected chi connectivity index (χ3v) is 2.67. The van der Waals surface area contributed by atoms with Crippen LogP contribution in [0.2, 0.25) is 0 Å². The number of halogens is 1. The number of methoxy groups -OCH3 is 2. The van der Waals surface area contributed by atoms with E-state index < -0.39 is 5.82 Å². The summed E-state index contributed by atoms with van der Waals surface area (Å²) >= 11 is 0. The Labute approximate surface area is 104 Å². The van der Waals surface area contributed by atoms with Crippen molar-refractivity contribution in [2.45, 2.75) is 0 Å². The highest BCUT2D eigenvalue weighted by atomic mass is 19.1. The number of benzene rings is 2. The van der Waals surface area contributed by atoms with E-state index in [0.29, 0.717) is 16.9 Å². The zero-order valence-corrected chi connectivity index (χ0v) is 10.1. The molecule has 3 nitrogen and oxygen atoms in total. The smallest absolute Gasteiger partial charge is 0.172 e. The lowest BCUT2D eigenvalue weighted by atomic mass is 10.0. The second-order valence-electron chi connectivity index (χ2n) is 3.71. The van der Waals surface area contributed by atoms with E-state index in [9.17, 15) is 9.50 Å². The molecule has 0 unspecified atom stereocenters. The van der Waals surface area contributed by atoms with Crippen molar-refractivity contribution >= 4 is 0 Å². The van der Waals surface area contributed by atoms with Crippen LogP contribution in [0.1, 0.15) is 0 Å². The molecule has 0 atom stereocenters. The maximum Gasteiger partial charge on any atom is 0.172 e. The van der Waals surface area contributed by atoms with Crippen molar-refractivity contribution in [2.75, 3.05) is 14.2 Å². The molecule has 0 aliphatic heterocycles. The predicted molar refractivity (Wildman–Crippen MR) is 66.6 cm³/mol. The lowest BCUT2D eigenvalue weighted by Gasteiger charge is -2.09. The van der Waals surface area contributed by atoms with Crippen molar-refractivity contribution < 1.29 is 19.0 Å². The van der Waals surface area contributed by atoms with Crippen LogP contribution in [-0.4, -0.2) is 19.3 Å². The molecule has 0 aromatic heterocycles. The molecule has 0 radical (unpaired) electrons. The van der Waals surface area contributed by atoms with Gasteiger partial charge in [-0.25, -0.2) is 4.39 Å². The number of hydrogen-bond donors (Lipinski definition) is 1. The first-order chi connectivity index (χ1) is 8.67. The fourth-order valence-electron chi connectivity index (χ4n) is 1.75. The third kappa shape index (κ3) is 2.09. The third-order valence-electron chi connectivity index (χ3n) is 2.67. The van der Waals surface area contributed by atoms with E-state index in [1.807, 2.05) is 0 Å². The Kier molecular flexibility index (Phi) is 3.37. The summed E-state index contributed by atoms with van der Waals surface area (Å²) in [6.07, 6.45) is 0. The second kappa shape index (κ2) is 4.96. The maximum atomic E-state index is 14.0. The molecule has 0 saturated heterocycles. The molecule has 0 bridgehead atoms. The van der Waals surface area contributed by atoms with Gasteiger partial charge in [0.15, 0.2) is 23.1 Å². The summed E-state index contributed by atoms with van der Waals surface area (Å²) in [5, 5.41) is 9.69. The van der Waals surface area contributed by atoms with Crippen LogP contribution in [0.4, 0.5) is 4.39 Å². The van der Waals surface area contributed by atoms with E-state index in [-0.39, 0.29) is 11.5 Å². The number of aromatic hydroxyl groups is 1. The van der Waals surface area contributed by atoms with E-state index >= 15 is 0 Å². The summed E-state index contributed by atoms with van der Waals surface area (Å²) in [5.74, 6) is 0.0339. The van der Waals surface area contributed by atoms with Gasteiger partial charge in [0.2, 0.25) is 0 Å². The quantitative estimate of drug-likeness (QED) is 0.906. The average molecular weight is 248 g/mol. The van der Waals surface area contributed by atoms with Gasteiger partial charge in [-0.15, -0.1) is 0 Å². The first kappa shape index (κ1) is 12.2. The summed E-state index contributed by atoms with van der Waals surface area (Å²) in [5.41, 5.74) is 0.928. The number of phenolic OH excluding ortho intramolecular Hbond substituents is 1. The maximum absolute atomic E-state index is 14.0. The summed E-state index contributed by atoms with van der Waals surface area (Å²) < 4.78 is 23.9. The zero-order valence-electron chi connectivity index (χ0n) is 10.1. The van der Waals surface area contributed by atoms with Crippen LogP contribution >= 0.6 is 0 Å². The van der Waals surface area contributed by atoms with Gasteiger partial charge in [0.1, 0.15) is 0 Å². The SMILES string of the molecule is COc1ccc(-c2cccc(OC)c2F)cc1O. The first-order valence-electron chi connectivity index (χ1n) is 5.37. The topological polar surface area (TPSA) is 38.7 Å². The van der Waals surface area contributed by atoms with E-state index in [0.717, 1.165) is 0 Å². The molecular weight excluding hydrogens is 235 g/mol. The van der Waals surface area contributed by atoms with Crippen molar-refractivity contribution in [3.8, 4) is 28.4 Å². The predicted octanol–water partition coefficient (Wildman–Crippen LogP) is 3.22. The molecule has 0 spiro atoms. The van der Waals surface area contributed by atoms with Gasteiger partial charge in [-0.2, -0.15) is 0 Å². The number of phenols is 1. The average Bonchev–Trinajstić information content (AvgIpc) is 2.39. The second-order valence-corrected chi connectivity index (χ2v) is 3.71. The van der Waals surface area contributed by atoms with Crippen LogP contribution < -0.4 is 9.47 Å². The molecule has 0 saturated carbocycles. The highest BCUT2D eigenvalue weighted by molar-refractivity contribution is 5.69. The fourth-order valence-corrected chi connectivity index (χ4v) is 1.75. The van der Waals surface area contributed by atoms with Crippen LogP contribution in [0.15, 0.2) is 36.4 Å². The van der Waals surface area contributed by atoms with Gasteiger partial charge in [0.25, 0.3) is 0 Å². The van der Waals surface area contributed by atoms with Crippen molar-refractivity contribution in [3.05, 3.63) is 42.2 Å². The minimum atomic E-state index is -0.454. The molecule has 1 N–H and O–H groups in total. The standard InChI is InChI=1S/C14H13FO3/c1-17-12-7-6-9(8-11(12)16)10-4-3-5-13(18-2)14(10)15/h3-8,16H,1-2H3. The van der Waals surface area contributed by atoms with Gasteiger partial charge in [0.05, 0.1) is 14.2 Å². The summed E-state index contributed by atoms with van der Waals surface area (Å²) in [6.45, 7) is 0. The highest BCUT2D eigenvalue weighted by Crippen LogP contribution is 2.34. The molecule has 0 aliphatic rings. The lowest BCUT2D eigenvalue weighted by molar-refractivity contribution is 0.373. The number of rotatable bonds is 3. The Morgan fingerprint density at radius 1 is 1.00 bits per heavy atom.